The second kappa shape index (κ2) is 8.84. The number of anilines is 1. The van der Waals surface area contributed by atoms with E-state index in [9.17, 15) is 9.59 Å². The van der Waals surface area contributed by atoms with Crippen molar-refractivity contribution in [3.63, 3.8) is 0 Å². The van der Waals surface area contributed by atoms with Gasteiger partial charge in [-0.05, 0) is 44.0 Å². The third-order valence-corrected chi connectivity index (χ3v) is 3.63. The van der Waals surface area contributed by atoms with Crippen LogP contribution in [0.5, 0.6) is 0 Å². The maximum Gasteiger partial charge on any atom is 0.255 e. The van der Waals surface area contributed by atoms with E-state index in [0.29, 0.717) is 29.7 Å². The molecule has 0 aliphatic heterocycles. The lowest BCUT2D eigenvalue weighted by Gasteiger charge is -2.15. The second-order valence-electron chi connectivity index (χ2n) is 5.61. The molecule has 3 N–H and O–H groups in total. The van der Waals surface area contributed by atoms with Gasteiger partial charge in [0.2, 0.25) is 0 Å². The van der Waals surface area contributed by atoms with Crippen LogP contribution in [0, 0.1) is 0 Å². The quantitative estimate of drug-likeness (QED) is 0.732. The molecule has 2 amide bonds. The number of rotatable bonds is 7. The Morgan fingerprint density at radius 2 is 1.67 bits per heavy atom. The zero-order valence-corrected chi connectivity index (χ0v) is 13.7. The minimum Gasteiger partial charge on any atom is -0.396 e. The van der Waals surface area contributed by atoms with Crippen LogP contribution < -0.4 is 10.6 Å². The number of hydrogen-bond donors (Lipinski definition) is 3. The van der Waals surface area contributed by atoms with E-state index in [1.807, 2.05) is 13.0 Å². The molecule has 0 radical (unpaired) electrons. The van der Waals surface area contributed by atoms with Crippen molar-refractivity contribution in [3.8, 4) is 0 Å². The minimum absolute atomic E-state index is 0.0532. The van der Waals surface area contributed by atoms with Crippen LogP contribution in [-0.4, -0.2) is 29.6 Å². The number of carbonyl (C=O) groups is 2. The van der Waals surface area contributed by atoms with Gasteiger partial charge >= 0.3 is 0 Å². The lowest BCUT2D eigenvalue weighted by molar-refractivity contribution is 0.0937. The lowest BCUT2D eigenvalue weighted by atomic mass is 10.1. The number of aliphatic hydroxyl groups is 1. The number of amides is 2. The molecule has 0 spiro atoms. The average molecular weight is 326 g/mol. The fraction of sp³-hybridized carbons (Fsp3) is 0.263. The van der Waals surface area contributed by atoms with Crippen molar-refractivity contribution in [1.82, 2.24) is 5.32 Å². The molecule has 2 rings (SSSR count). The fourth-order valence-corrected chi connectivity index (χ4v) is 2.35. The Morgan fingerprint density at radius 3 is 2.38 bits per heavy atom. The predicted molar refractivity (Wildman–Crippen MR) is 94.1 cm³/mol. The minimum atomic E-state index is -0.260. The van der Waals surface area contributed by atoms with Crippen LogP contribution in [0.1, 0.15) is 40.5 Å². The van der Waals surface area contributed by atoms with Gasteiger partial charge in [-0.1, -0.05) is 30.3 Å². The summed E-state index contributed by atoms with van der Waals surface area (Å²) in [5.74, 6) is -0.506. The van der Waals surface area contributed by atoms with E-state index in [1.54, 1.807) is 48.5 Å². The SMILES string of the molecule is CC(CCCO)NC(=O)c1ccccc1NC(=O)c1ccccc1. The first-order chi connectivity index (χ1) is 11.6. The highest BCUT2D eigenvalue weighted by Gasteiger charge is 2.15. The van der Waals surface area contributed by atoms with Gasteiger partial charge in [0.05, 0.1) is 11.3 Å². The van der Waals surface area contributed by atoms with Gasteiger partial charge in [0.1, 0.15) is 0 Å². The average Bonchev–Trinajstić information content (AvgIpc) is 2.61. The third-order valence-electron chi connectivity index (χ3n) is 3.63. The molecule has 2 aromatic carbocycles. The Kier molecular flexibility index (Phi) is 6.51. The van der Waals surface area contributed by atoms with Crippen molar-refractivity contribution >= 4 is 17.5 Å². The maximum atomic E-state index is 12.4. The molecule has 5 heteroatoms. The van der Waals surface area contributed by atoms with E-state index in [2.05, 4.69) is 10.6 Å². The van der Waals surface area contributed by atoms with E-state index in [4.69, 9.17) is 5.11 Å². The normalized spacial score (nSPS) is 11.6. The third kappa shape index (κ3) is 4.93. The van der Waals surface area contributed by atoms with Gasteiger partial charge in [0.15, 0.2) is 0 Å². The van der Waals surface area contributed by atoms with Gasteiger partial charge in [0.25, 0.3) is 11.8 Å². The second-order valence-corrected chi connectivity index (χ2v) is 5.61. The fourth-order valence-electron chi connectivity index (χ4n) is 2.35. The zero-order valence-electron chi connectivity index (χ0n) is 13.7. The van der Waals surface area contributed by atoms with Crippen LogP contribution in [0.2, 0.25) is 0 Å². The number of nitrogens with one attached hydrogen (secondary N) is 2. The molecule has 0 aromatic heterocycles. The van der Waals surface area contributed by atoms with E-state index >= 15 is 0 Å². The van der Waals surface area contributed by atoms with Gasteiger partial charge in [-0.25, -0.2) is 0 Å². The van der Waals surface area contributed by atoms with Crippen LogP contribution >= 0.6 is 0 Å². The maximum absolute atomic E-state index is 12.4. The first kappa shape index (κ1) is 17.7. The summed E-state index contributed by atoms with van der Waals surface area (Å²) in [5.41, 5.74) is 1.42. The molecule has 1 unspecified atom stereocenters. The molecule has 0 saturated heterocycles. The van der Waals surface area contributed by atoms with Gasteiger partial charge in [0, 0.05) is 18.2 Å². The largest absolute Gasteiger partial charge is 0.396 e. The Bertz CT molecular complexity index is 686. The summed E-state index contributed by atoms with van der Waals surface area (Å²) in [7, 11) is 0. The summed E-state index contributed by atoms with van der Waals surface area (Å²) in [6.07, 6.45) is 1.33. The summed E-state index contributed by atoms with van der Waals surface area (Å²) in [5, 5.41) is 14.5. The van der Waals surface area contributed by atoms with E-state index in [-0.39, 0.29) is 24.5 Å². The molecule has 5 nitrogen and oxygen atoms in total. The lowest BCUT2D eigenvalue weighted by Crippen LogP contribution is -2.33. The molecule has 24 heavy (non-hydrogen) atoms. The molecule has 0 aliphatic carbocycles. The Balaban J connectivity index is 2.09. The first-order valence-corrected chi connectivity index (χ1v) is 7.99. The molecule has 126 valence electrons. The molecule has 1 atom stereocenters. The van der Waals surface area contributed by atoms with Gasteiger partial charge in [-0.15, -0.1) is 0 Å². The summed E-state index contributed by atoms with van der Waals surface area (Å²) in [4.78, 5) is 24.7. The van der Waals surface area contributed by atoms with E-state index < -0.39 is 0 Å². The van der Waals surface area contributed by atoms with Crippen molar-refractivity contribution in [2.24, 2.45) is 0 Å². The predicted octanol–water partition coefficient (Wildman–Crippen LogP) is 2.83. The Hall–Kier alpha value is -2.66. The Labute approximate surface area is 141 Å². The van der Waals surface area contributed by atoms with Crippen molar-refractivity contribution in [2.45, 2.75) is 25.8 Å². The van der Waals surface area contributed by atoms with Crippen molar-refractivity contribution < 1.29 is 14.7 Å². The number of benzene rings is 2. The highest BCUT2D eigenvalue weighted by Crippen LogP contribution is 2.16. The monoisotopic (exact) mass is 326 g/mol. The van der Waals surface area contributed by atoms with Crippen molar-refractivity contribution in [2.75, 3.05) is 11.9 Å². The molecular formula is C19H22N2O3. The Morgan fingerprint density at radius 1 is 1.00 bits per heavy atom. The van der Waals surface area contributed by atoms with Crippen molar-refractivity contribution in [3.05, 3.63) is 65.7 Å². The first-order valence-electron chi connectivity index (χ1n) is 7.99. The van der Waals surface area contributed by atoms with E-state index in [1.165, 1.54) is 0 Å². The van der Waals surface area contributed by atoms with Gasteiger partial charge in [-0.3, -0.25) is 9.59 Å². The molecule has 2 aromatic rings. The molecule has 0 aliphatic rings. The van der Waals surface area contributed by atoms with Crippen LogP contribution in [0.15, 0.2) is 54.6 Å². The number of hydrogen-bond acceptors (Lipinski definition) is 3. The summed E-state index contributed by atoms with van der Waals surface area (Å²) < 4.78 is 0. The van der Waals surface area contributed by atoms with Gasteiger partial charge in [-0.2, -0.15) is 0 Å². The molecule has 0 saturated carbocycles. The highest BCUT2D eigenvalue weighted by atomic mass is 16.3. The van der Waals surface area contributed by atoms with Crippen molar-refractivity contribution in [1.29, 1.82) is 0 Å². The van der Waals surface area contributed by atoms with Crippen LogP contribution in [0.3, 0.4) is 0 Å². The number of para-hydroxylation sites is 1. The summed E-state index contributed by atoms with van der Waals surface area (Å²) >= 11 is 0. The molecule has 0 bridgehead atoms. The topological polar surface area (TPSA) is 78.4 Å². The molecule has 0 fully saturated rings. The number of carbonyl (C=O) groups excluding carboxylic acids is 2. The summed E-state index contributed by atoms with van der Waals surface area (Å²) in [6.45, 7) is 1.99. The van der Waals surface area contributed by atoms with Crippen LogP contribution in [0.4, 0.5) is 5.69 Å². The standard InChI is InChI=1S/C19H22N2O3/c1-14(8-7-13-22)20-19(24)16-11-5-6-12-17(16)21-18(23)15-9-3-2-4-10-15/h2-6,9-12,14,22H,7-8,13H2,1H3,(H,20,24)(H,21,23). The highest BCUT2D eigenvalue weighted by molar-refractivity contribution is 6.09. The smallest absolute Gasteiger partial charge is 0.255 e. The summed E-state index contributed by atoms with van der Waals surface area (Å²) in [6, 6.07) is 15.7. The molecule has 0 heterocycles. The van der Waals surface area contributed by atoms with Crippen LogP contribution in [-0.2, 0) is 0 Å². The molecular weight excluding hydrogens is 304 g/mol. The zero-order chi connectivity index (χ0) is 17.4. The van der Waals surface area contributed by atoms with Gasteiger partial charge < -0.3 is 15.7 Å². The van der Waals surface area contributed by atoms with Crippen LogP contribution in [0.25, 0.3) is 0 Å². The number of aliphatic hydroxyl groups excluding tert-OH is 1. The van der Waals surface area contributed by atoms with E-state index in [0.717, 1.165) is 0 Å².